The van der Waals surface area contributed by atoms with E-state index in [1.807, 2.05) is 6.08 Å². The molecule has 1 heterocycles. The van der Waals surface area contributed by atoms with Crippen LogP contribution < -0.4 is 5.32 Å². The van der Waals surface area contributed by atoms with Crippen LogP contribution in [0, 0.1) is 0 Å². The van der Waals surface area contributed by atoms with Crippen molar-refractivity contribution >= 4 is 10.9 Å². The molecule has 1 aromatic heterocycles. The second kappa shape index (κ2) is 7.88. The van der Waals surface area contributed by atoms with Crippen LogP contribution in [-0.4, -0.2) is 24.8 Å². The van der Waals surface area contributed by atoms with E-state index < -0.39 is 0 Å². The lowest BCUT2D eigenvalue weighted by Gasteiger charge is -2.03. The number of hydrogen-bond acceptors (Lipinski definition) is 2. The number of unbranched alkanes of at least 4 members (excludes halogenated alkanes) is 1. The van der Waals surface area contributed by atoms with Crippen molar-refractivity contribution < 1.29 is 4.74 Å². The average Bonchev–Trinajstić information content (AvgIpc) is 2.83. The van der Waals surface area contributed by atoms with Gasteiger partial charge in [0, 0.05) is 43.8 Å². The maximum Gasteiger partial charge on any atom is 0.0587 e. The Bertz CT molecular complexity index is 545. The molecule has 20 heavy (non-hydrogen) atoms. The smallest absolute Gasteiger partial charge is 0.0587 e. The second-order valence-corrected chi connectivity index (χ2v) is 4.97. The normalized spacial score (nSPS) is 11.1. The summed E-state index contributed by atoms with van der Waals surface area (Å²) >= 11 is 0. The molecule has 0 saturated carbocycles. The number of nitrogens with one attached hydrogen (secondary N) is 1. The topological polar surface area (TPSA) is 26.2 Å². The van der Waals surface area contributed by atoms with Gasteiger partial charge in [-0.05, 0) is 24.5 Å². The monoisotopic (exact) mass is 272 g/mol. The molecular formula is C17H24N2O. The molecule has 0 spiro atoms. The maximum atomic E-state index is 5.06. The molecule has 0 radical (unpaired) electrons. The number of nitrogens with zero attached hydrogens (tertiary/aromatic N) is 1. The van der Waals surface area contributed by atoms with Crippen LogP contribution in [0.25, 0.3) is 10.9 Å². The van der Waals surface area contributed by atoms with Crippen LogP contribution in [0.1, 0.15) is 18.4 Å². The van der Waals surface area contributed by atoms with Crippen LogP contribution in [0.4, 0.5) is 0 Å². The fraction of sp³-hybridized carbons (Fsp3) is 0.412. The highest BCUT2D eigenvalue weighted by Crippen LogP contribution is 2.21. The highest BCUT2D eigenvalue weighted by Gasteiger charge is 2.07. The van der Waals surface area contributed by atoms with Gasteiger partial charge < -0.3 is 14.6 Å². The molecule has 0 aliphatic rings. The number of hydrogen-bond donors (Lipinski definition) is 1. The molecule has 3 nitrogen and oxygen atoms in total. The zero-order chi connectivity index (χ0) is 14.2. The molecule has 1 N–H and O–H groups in total. The Morgan fingerprint density at radius 2 is 2.20 bits per heavy atom. The standard InChI is InChI=1S/C17H24N2O/c1-3-4-7-11-19-14-15(13-18-10-12-20-2)16-8-5-6-9-17(16)19/h3,5-6,8-9,14,18H,1,4,7,10-13H2,2H3. The van der Waals surface area contributed by atoms with Gasteiger partial charge in [-0.15, -0.1) is 6.58 Å². The Morgan fingerprint density at radius 3 is 3.00 bits per heavy atom. The Kier molecular flexibility index (Phi) is 5.84. The third kappa shape index (κ3) is 3.71. The first-order valence-electron chi connectivity index (χ1n) is 7.24. The van der Waals surface area contributed by atoms with Crippen molar-refractivity contribution in [2.24, 2.45) is 0 Å². The van der Waals surface area contributed by atoms with Gasteiger partial charge in [0.2, 0.25) is 0 Å². The van der Waals surface area contributed by atoms with Gasteiger partial charge in [0.15, 0.2) is 0 Å². The molecule has 0 saturated heterocycles. The van der Waals surface area contributed by atoms with Gasteiger partial charge in [0.25, 0.3) is 0 Å². The van der Waals surface area contributed by atoms with Crippen molar-refractivity contribution in [3.63, 3.8) is 0 Å². The summed E-state index contributed by atoms with van der Waals surface area (Å²) in [6.07, 6.45) is 6.46. The number of rotatable bonds is 9. The van der Waals surface area contributed by atoms with Gasteiger partial charge in [0.05, 0.1) is 6.61 Å². The molecule has 108 valence electrons. The number of fused-ring (bicyclic) bond motifs is 1. The van der Waals surface area contributed by atoms with Gasteiger partial charge in [-0.1, -0.05) is 24.3 Å². The number of methoxy groups -OCH3 is 1. The fourth-order valence-electron chi connectivity index (χ4n) is 2.45. The van der Waals surface area contributed by atoms with E-state index in [1.165, 1.54) is 16.5 Å². The summed E-state index contributed by atoms with van der Waals surface area (Å²) in [4.78, 5) is 0. The molecule has 0 unspecified atom stereocenters. The van der Waals surface area contributed by atoms with E-state index in [-0.39, 0.29) is 0 Å². The van der Waals surface area contributed by atoms with Crippen molar-refractivity contribution in [1.29, 1.82) is 0 Å². The first-order chi connectivity index (χ1) is 9.86. The lowest BCUT2D eigenvalue weighted by atomic mass is 10.2. The number of benzene rings is 1. The van der Waals surface area contributed by atoms with E-state index in [0.29, 0.717) is 0 Å². The Balaban J connectivity index is 2.10. The SMILES string of the molecule is C=CCCCn1cc(CNCCOC)c2ccccc21. The van der Waals surface area contributed by atoms with Crippen molar-refractivity contribution in [2.45, 2.75) is 25.9 Å². The number of allylic oxidation sites excluding steroid dienone is 1. The Labute approximate surface area is 121 Å². The Morgan fingerprint density at radius 1 is 1.35 bits per heavy atom. The van der Waals surface area contributed by atoms with Crippen LogP contribution in [0.15, 0.2) is 43.1 Å². The molecule has 0 fully saturated rings. The van der Waals surface area contributed by atoms with Gasteiger partial charge in [-0.3, -0.25) is 0 Å². The second-order valence-electron chi connectivity index (χ2n) is 4.97. The van der Waals surface area contributed by atoms with Gasteiger partial charge >= 0.3 is 0 Å². The quantitative estimate of drug-likeness (QED) is 0.559. The van der Waals surface area contributed by atoms with Crippen LogP contribution in [0.3, 0.4) is 0 Å². The van der Waals surface area contributed by atoms with Crippen molar-refractivity contribution in [3.05, 3.63) is 48.7 Å². The molecule has 3 heteroatoms. The number of aromatic nitrogens is 1. The minimum absolute atomic E-state index is 0.748. The average molecular weight is 272 g/mol. The molecule has 1 aromatic carbocycles. The minimum Gasteiger partial charge on any atom is -0.383 e. The molecule has 2 rings (SSSR count). The summed E-state index contributed by atoms with van der Waals surface area (Å²) in [6, 6.07) is 8.61. The highest BCUT2D eigenvalue weighted by molar-refractivity contribution is 5.83. The molecule has 0 atom stereocenters. The van der Waals surface area contributed by atoms with E-state index in [2.05, 4.69) is 46.9 Å². The first kappa shape index (κ1) is 14.8. The zero-order valence-corrected chi connectivity index (χ0v) is 12.3. The van der Waals surface area contributed by atoms with Crippen molar-refractivity contribution in [2.75, 3.05) is 20.3 Å². The third-order valence-corrected chi connectivity index (χ3v) is 3.48. The minimum atomic E-state index is 0.748. The van der Waals surface area contributed by atoms with Gasteiger partial charge in [0.1, 0.15) is 0 Å². The summed E-state index contributed by atoms with van der Waals surface area (Å²) in [5.74, 6) is 0. The largest absolute Gasteiger partial charge is 0.383 e. The summed E-state index contributed by atoms with van der Waals surface area (Å²) in [7, 11) is 1.73. The summed E-state index contributed by atoms with van der Waals surface area (Å²) in [5, 5.41) is 4.76. The lowest BCUT2D eigenvalue weighted by Crippen LogP contribution is -2.18. The van der Waals surface area contributed by atoms with Crippen LogP contribution >= 0.6 is 0 Å². The van der Waals surface area contributed by atoms with Crippen LogP contribution in [-0.2, 0) is 17.8 Å². The third-order valence-electron chi connectivity index (χ3n) is 3.48. The maximum absolute atomic E-state index is 5.06. The van der Waals surface area contributed by atoms with Gasteiger partial charge in [-0.25, -0.2) is 0 Å². The number of aryl methyl sites for hydroxylation is 1. The van der Waals surface area contributed by atoms with E-state index in [9.17, 15) is 0 Å². The predicted octanol–water partition coefficient (Wildman–Crippen LogP) is 3.34. The molecule has 2 aromatic rings. The molecular weight excluding hydrogens is 248 g/mol. The zero-order valence-electron chi connectivity index (χ0n) is 12.3. The fourth-order valence-corrected chi connectivity index (χ4v) is 2.45. The molecule has 0 bridgehead atoms. The molecule has 0 amide bonds. The van der Waals surface area contributed by atoms with Gasteiger partial charge in [-0.2, -0.15) is 0 Å². The summed E-state index contributed by atoms with van der Waals surface area (Å²) < 4.78 is 7.41. The Hall–Kier alpha value is -1.58. The number of para-hydroxylation sites is 1. The molecule has 0 aliphatic heterocycles. The highest BCUT2D eigenvalue weighted by atomic mass is 16.5. The lowest BCUT2D eigenvalue weighted by molar-refractivity contribution is 0.199. The van der Waals surface area contributed by atoms with Crippen LogP contribution in [0.2, 0.25) is 0 Å². The van der Waals surface area contributed by atoms with Crippen molar-refractivity contribution in [3.8, 4) is 0 Å². The first-order valence-corrected chi connectivity index (χ1v) is 7.24. The van der Waals surface area contributed by atoms with Crippen LogP contribution in [0.5, 0.6) is 0 Å². The van der Waals surface area contributed by atoms with Crippen molar-refractivity contribution in [1.82, 2.24) is 9.88 Å². The summed E-state index contributed by atoms with van der Waals surface area (Å²) in [6.45, 7) is 7.35. The van der Waals surface area contributed by atoms with E-state index in [4.69, 9.17) is 4.74 Å². The predicted molar refractivity (Wildman–Crippen MR) is 85.0 cm³/mol. The van der Waals surface area contributed by atoms with E-state index in [1.54, 1.807) is 7.11 Å². The number of ether oxygens (including phenoxy) is 1. The molecule has 0 aliphatic carbocycles. The van der Waals surface area contributed by atoms with E-state index >= 15 is 0 Å². The van der Waals surface area contributed by atoms with E-state index in [0.717, 1.165) is 39.1 Å². The summed E-state index contributed by atoms with van der Waals surface area (Å²) in [5.41, 5.74) is 2.68.